The van der Waals surface area contributed by atoms with Crippen LogP contribution < -0.4 is 5.32 Å². The number of aromatic nitrogens is 3. The number of amides is 1. The zero-order chi connectivity index (χ0) is 13.0. The molecule has 2 N–H and O–H groups in total. The minimum Gasteiger partial charge on any atom is -0.319 e. The fourth-order valence-electron chi connectivity index (χ4n) is 1.65. The van der Waals surface area contributed by atoms with Gasteiger partial charge in [0, 0.05) is 11.9 Å². The number of hydrogen-bond donors (Lipinski definition) is 2. The van der Waals surface area contributed by atoms with Gasteiger partial charge in [-0.3, -0.25) is 14.9 Å². The molecule has 2 aromatic rings. The molecular weight excluding hydrogens is 228 g/mol. The Kier molecular flexibility index (Phi) is 3.72. The van der Waals surface area contributed by atoms with E-state index in [1.54, 1.807) is 30.6 Å². The molecule has 5 nitrogen and oxygen atoms in total. The molecule has 0 radical (unpaired) electrons. The maximum atomic E-state index is 11.9. The lowest BCUT2D eigenvalue weighted by Gasteiger charge is -2.01. The van der Waals surface area contributed by atoms with Gasteiger partial charge in [0.1, 0.15) is 0 Å². The first-order chi connectivity index (χ1) is 8.65. The molecule has 1 amide bonds. The molecule has 0 aliphatic carbocycles. The van der Waals surface area contributed by atoms with Crippen LogP contribution >= 0.6 is 0 Å². The SMILES string of the molecule is CC(C)Cc1cc(C(=O)Nc2cccnc2)n[nH]1. The third-order valence-electron chi connectivity index (χ3n) is 2.41. The van der Waals surface area contributed by atoms with Crippen molar-refractivity contribution in [1.82, 2.24) is 15.2 Å². The van der Waals surface area contributed by atoms with Crippen molar-refractivity contribution in [2.45, 2.75) is 20.3 Å². The van der Waals surface area contributed by atoms with Crippen molar-refractivity contribution in [3.05, 3.63) is 42.0 Å². The Morgan fingerprint density at radius 2 is 2.33 bits per heavy atom. The van der Waals surface area contributed by atoms with Gasteiger partial charge in [-0.25, -0.2) is 0 Å². The van der Waals surface area contributed by atoms with E-state index in [0.29, 0.717) is 17.3 Å². The number of nitrogens with one attached hydrogen (secondary N) is 2. The highest BCUT2D eigenvalue weighted by Gasteiger charge is 2.11. The van der Waals surface area contributed by atoms with Gasteiger partial charge in [0.05, 0.1) is 11.9 Å². The van der Waals surface area contributed by atoms with Crippen molar-refractivity contribution < 1.29 is 4.79 Å². The molecule has 2 aromatic heterocycles. The van der Waals surface area contributed by atoms with E-state index in [-0.39, 0.29) is 5.91 Å². The smallest absolute Gasteiger partial charge is 0.276 e. The molecule has 0 aliphatic heterocycles. The zero-order valence-corrected chi connectivity index (χ0v) is 10.5. The fraction of sp³-hybridized carbons (Fsp3) is 0.308. The molecular formula is C13H16N4O. The standard InChI is InChI=1S/C13H16N4O/c1-9(2)6-11-7-12(17-16-11)13(18)15-10-4-3-5-14-8-10/h3-5,7-9H,6H2,1-2H3,(H,15,18)(H,16,17). The highest BCUT2D eigenvalue weighted by molar-refractivity contribution is 6.02. The van der Waals surface area contributed by atoms with E-state index < -0.39 is 0 Å². The van der Waals surface area contributed by atoms with E-state index in [2.05, 4.69) is 34.3 Å². The summed E-state index contributed by atoms with van der Waals surface area (Å²) in [7, 11) is 0. The summed E-state index contributed by atoms with van der Waals surface area (Å²) in [6.07, 6.45) is 4.14. The number of anilines is 1. The molecule has 0 saturated carbocycles. The van der Waals surface area contributed by atoms with Gasteiger partial charge >= 0.3 is 0 Å². The van der Waals surface area contributed by atoms with Crippen LogP contribution in [0.4, 0.5) is 5.69 Å². The number of H-pyrrole nitrogens is 1. The van der Waals surface area contributed by atoms with Crippen LogP contribution in [0.15, 0.2) is 30.6 Å². The predicted octanol–water partition coefficient (Wildman–Crippen LogP) is 2.26. The summed E-state index contributed by atoms with van der Waals surface area (Å²) in [5, 5.41) is 9.63. The van der Waals surface area contributed by atoms with Crippen LogP contribution in [0.2, 0.25) is 0 Å². The number of carbonyl (C=O) groups excluding carboxylic acids is 1. The molecule has 0 aromatic carbocycles. The average molecular weight is 244 g/mol. The Morgan fingerprint density at radius 3 is 3.00 bits per heavy atom. The molecule has 94 valence electrons. The van der Waals surface area contributed by atoms with Crippen molar-refractivity contribution in [1.29, 1.82) is 0 Å². The average Bonchev–Trinajstić information content (AvgIpc) is 2.78. The lowest BCUT2D eigenvalue weighted by Crippen LogP contribution is -2.12. The molecule has 0 aliphatic rings. The monoisotopic (exact) mass is 244 g/mol. The molecule has 0 unspecified atom stereocenters. The van der Waals surface area contributed by atoms with Gasteiger partial charge in [0.2, 0.25) is 0 Å². The second-order valence-corrected chi connectivity index (χ2v) is 4.57. The lowest BCUT2D eigenvalue weighted by molar-refractivity contribution is 0.102. The van der Waals surface area contributed by atoms with Crippen LogP contribution in [0.25, 0.3) is 0 Å². The highest BCUT2D eigenvalue weighted by Crippen LogP contribution is 2.09. The molecule has 0 fully saturated rings. The highest BCUT2D eigenvalue weighted by atomic mass is 16.1. The van der Waals surface area contributed by atoms with Crippen LogP contribution in [0.3, 0.4) is 0 Å². The van der Waals surface area contributed by atoms with Crippen LogP contribution in [-0.4, -0.2) is 21.1 Å². The van der Waals surface area contributed by atoms with E-state index in [1.807, 2.05) is 0 Å². The first kappa shape index (κ1) is 12.3. The quantitative estimate of drug-likeness (QED) is 0.866. The van der Waals surface area contributed by atoms with Crippen LogP contribution in [0, 0.1) is 5.92 Å². The van der Waals surface area contributed by atoms with Gasteiger partial charge in [-0.15, -0.1) is 0 Å². The first-order valence-electron chi connectivity index (χ1n) is 5.91. The van der Waals surface area contributed by atoms with Crippen LogP contribution in [-0.2, 0) is 6.42 Å². The summed E-state index contributed by atoms with van der Waals surface area (Å²) in [5.41, 5.74) is 2.03. The minimum atomic E-state index is -0.228. The maximum absolute atomic E-state index is 11.9. The van der Waals surface area contributed by atoms with Gasteiger partial charge in [-0.1, -0.05) is 13.8 Å². The van der Waals surface area contributed by atoms with E-state index >= 15 is 0 Å². The number of pyridine rings is 1. The Hall–Kier alpha value is -2.17. The molecule has 18 heavy (non-hydrogen) atoms. The van der Waals surface area contributed by atoms with Crippen LogP contribution in [0.1, 0.15) is 30.0 Å². The second kappa shape index (κ2) is 5.44. The van der Waals surface area contributed by atoms with Crippen LogP contribution in [0.5, 0.6) is 0 Å². The van der Waals surface area contributed by atoms with Gasteiger partial charge in [-0.05, 0) is 30.5 Å². The zero-order valence-electron chi connectivity index (χ0n) is 10.5. The van der Waals surface area contributed by atoms with Gasteiger partial charge in [-0.2, -0.15) is 5.10 Å². The number of aromatic amines is 1. The number of rotatable bonds is 4. The molecule has 0 atom stereocenters. The van der Waals surface area contributed by atoms with E-state index in [1.165, 1.54) is 0 Å². The van der Waals surface area contributed by atoms with Gasteiger partial charge in [0.25, 0.3) is 5.91 Å². The van der Waals surface area contributed by atoms with E-state index in [9.17, 15) is 4.79 Å². The molecule has 0 bridgehead atoms. The molecule has 2 rings (SSSR count). The van der Waals surface area contributed by atoms with Crippen molar-refractivity contribution >= 4 is 11.6 Å². The third-order valence-corrected chi connectivity index (χ3v) is 2.41. The predicted molar refractivity (Wildman–Crippen MR) is 69.3 cm³/mol. The summed E-state index contributed by atoms with van der Waals surface area (Å²) in [5.74, 6) is 0.300. The van der Waals surface area contributed by atoms with Crippen molar-refractivity contribution in [3.63, 3.8) is 0 Å². The second-order valence-electron chi connectivity index (χ2n) is 4.57. The van der Waals surface area contributed by atoms with E-state index in [4.69, 9.17) is 0 Å². The Labute approximate surface area is 106 Å². The summed E-state index contributed by atoms with van der Waals surface area (Å²) in [6.45, 7) is 4.24. The minimum absolute atomic E-state index is 0.228. The topological polar surface area (TPSA) is 70.7 Å². The number of hydrogen-bond acceptors (Lipinski definition) is 3. The molecule has 0 spiro atoms. The van der Waals surface area contributed by atoms with E-state index in [0.717, 1.165) is 12.1 Å². The third kappa shape index (κ3) is 3.16. The van der Waals surface area contributed by atoms with Crippen molar-refractivity contribution in [2.24, 2.45) is 5.92 Å². The first-order valence-corrected chi connectivity index (χ1v) is 5.91. The number of carbonyl (C=O) groups is 1. The normalized spacial score (nSPS) is 10.6. The summed E-state index contributed by atoms with van der Waals surface area (Å²) in [6, 6.07) is 5.34. The largest absolute Gasteiger partial charge is 0.319 e. The maximum Gasteiger partial charge on any atom is 0.276 e. The number of nitrogens with zero attached hydrogens (tertiary/aromatic N) is 2. The Bertz CT molecular complexity index is 519. The summed E-state index contributed by atoms with van der Waals surface area (Å²) >= 11 is 0. The summed E-state index contributed by atoms with van der Waals surface area (Å²) in [4.78, 5) is 15.8. The fourth-order valence-corrected chi connectivity index (χ4v) is 1.65. The van der Waals surface area contributed by atoms with Gasteiger partial charge in [0.15, 0.2) is 5.69 Å². The molecule has 5 heteroatoms. The van der Waals surface area contributed by atoms with Gasteiger partial charge < -0.3 is 5.32 Å². The Balaban J connectivity index is 2.03. The van der Waals surface area contributed by atoms with Crippen molar-refractivity contribution in [3.8, 4) is 0 Å². The Morgan fingerprint density at radius 1 is 1.50 bits per heavy atom. The lowest BCUT2D eigenvalue weighted by atomic mass is 10.1. The van der Waals surface area contributed by atoms with Crippen molar-refractivity contribution in [2.75, 3.05) is 5.32 Å². The molecule has 2 heterocycles. The summed E-state index contributed by atoms with van der Waals surface area (Å²) < 4.78 is 0. The molecule has 0 saturated heterocycles.